The Labute approximate surface area is 230 Å². The van der Waals surface area contributed by atoms with Crippen LogP contribution >= 0.6 is 0 Å². The monoisotopic (exact) mass is 511 g/mol. The molecule has 0 heterocycles. The summed E-state index contributed by atoms with van der Waals surface area (Å²) in [4.78, 5) is 12.7. The van der Waals surface area contributed by atoms with Gasteiger partial charge in [-0.1, -0.05) is 158 Å². The van der Waals surface area contributed by atoms with Gasteiger partial charge in [-0.05, 0) is 44.3 Å². The van der Waals surface area contributed by atoms with Crippen LogP contribution in [0.5, 0.6) is 0 Å². The fourth-order valence-electron chi connectivity index (χ4n) is 6.09. The van der Waals surface area contributed by atoms with E-state index in [2.05, 4.69) is 66.8 Å². The van der Waals surface area contributed by atoms with Crippen molar-refractivity contribution in [3.63, 3.8) is 0 Å². The number of hydrogen-bond donors (Lipinski definition) is 1. The SMILES string of the molecule is CCCCCCCCCCCCCCCCCCNC(=O)Cc1ccc2ccc3cccc4ccc1c2c34. The van der Waals surface area contributed by atoms with Gasteiger partial charge < -0.3 is 5.32 Å². The predicted molar refractivity (Wildman–Crippen MR) is 166 cm³/mol. The highest BCUT2D eigenvalue weighted by Crippen LogP contribution is 2.36. The maximum Gasteiger partial charge on any atom is 0.224 e. The smallest absolute Gasteiger partial charge is 0.224 e. The second kappa shape index (κ2) is 15.7. The minimum Gasteiger partial charge on any atom is -0.356 e. The van der Waals surface area contributed by atoms with E-state index in [1.807, 2.05) is 0 Å². The molecule has 0 aromatic heterocycles. The van der Waals surface area contributed by atoms with E-state index < -0.39 is 0 Å². The molecular weight excluding hydrogens is 462 g/mol. The molecule has 0 atom stereocenters. The van der Waals surface area contributed by atoms with Crippen molar-refractivity contribution in [2.75, 3.05) is 6.54 Å². The van der Waals surface area contributed by atoms with E-state index in [1.165, 1.54) is 129 Å². The van der Waals surface area contributed by atoms with Crippen molar-refractivity contribution in [1.29, 1.82) is 0 Å². The summed E-state index contributed by atoms with van der Waals surface area (Å²) in [6, 6.07) is 19.6. The maximum atomic E-state index is 12.7. The maximum absolute atomic E-state index is 12.7. The van der Waals surface area contributed by atoms with Crippen LogP contribution in [0, 0.1) is 0 Å². The lowest BCUT2D eigenvalue weighted by atomic mass is 9.91. The van der Waals surface area contributed by atoms with Crippen LogP contribution in [0.4, 0.5) is 0 Å². The molecule has 2 nitrogen and oxygen atoms in total. The Bertz CT molecular complexity index is 1230. The highest BCUT2D eigenvalue weighted by Gasteiger charge is 2.12. The van der Waals surface area contributed by atoms with E-state index in [1.54, 1.807) is 0 Å². The van der Waals surface area contributed by atoms with Crippen molar-refractivity contribution in [3.8, 4) is 0 Å². The highest BCUT2D eigenvalue weighted by atomic mass is 16.1. The Balaban J connectivity index is 1.06. The fourth-order valence-corrected chi connectivity index (χ4v) is 6.09. The van der Waals surface area contributed by atoms with Gasteiger partial charge >= 0.3 is 0 Å². The molecule has 204 valence electrons. The van der Waals surface area contributed by atoms with Crippen molar-refractivity contribution in [3.05, 3.63) is 60.2 Å². The Hall–Kier alpha value is -2.61. The molecule has 0 unspecified atom stereocenters. The molecule has 1 amide bonds. The molecule has 0 aliphatic carbocycles. The first-order valence-electron chi connectivity index (χ1n) is 15.7. The van der Waals surface area contributed by atoms with Crippen LogP contribution in [0.3, 0.4) is 0 Å². The quantitative estimate of drug-likeness (QED) is 0.0984. The Morgan fingerprint density at radius 2 is 1.03 bits per heavy atom. The van der Waals surface area contributed by atoms with Crippen molar-refractivity contribution in [2.45, 2.75) is 116 Å². The average Bonchev–Trinajstić information content (AvgIpc) is 2.94. The van der Waals surface area contributed by atoms with Crippen molar-refractivity contribution >= 4 is 38.2 Å². The van der Waals surface area contributed by atoms with Crippen LogP contribution in [-0.2, 0) is 11.2 Å². The van der Waals surface area contributed by atoms with Crippen LogP contribution in [0.25, 0.3) is 32.3 Å². The standard InChI is InChI=1S/C36H49NO/c1-2-3-4-5-6-7-8-9-10-11-12-13-14-15-16-17-27-37-34(38)28-32-24-23-31-22-21-29-19-18-20-30-25-26-33(32)36(31)35(29)30/h18-26H,2-17,27-28H2,1H3,(H,37,38). The summed E-state index contributed by atoms with van der Waals surface area (Å²) < 4.78 is 0. The number of carbonyl (C=O) groups is 1. The summed E-state index contributed by atoms with van der Waals surface area (Å²) in [6.07, 6.45) is 22.4. The van der Waals surface area contributed by atoms with Gasteiger partial charge in [-0.2, -0.15) is 0 Å². The number of unbranched alkanes of at least 4 members (excludes halogenated alkanes) is 15. The molecule has 1 N–H and O–H groups in total. The first-order chi connectivity index (χ1) is 18.8. The van der Waals surface area contributed by atoms with E-state index >= 15 is 0 Å². The van der Waals surface area contributed by atoms with Crippen LogP contribution in [0.2, 0.25) is 0 Å². The summed E-state index contributed by atoms with van der Waals surface area (Å²) in [5, 5.41) is 10.8. The summed E-state index contributed by atoms with van der Waals surface area (Å²) in [7, 11) is 0. The number of hydrogen-bond acceptors (Lipinski definition) is 1. The van der Waals surface area contributed by atoms with E-state index in [0.717, 1.165) is 18.5 Å². The molecule has 38 heavy (non-hydrogen) atoms. The van der Waals surface area contributed by atoms with Crippen molar-refractivity contribution < 1.29 is 4.79 Å². The summed E-state index contributed by atoms with van der Waals surface area (Å²) in [5.41, 5.74) is 1.13. The number of rotatable bonds is 19. The van der Waals surface area contributed by atoms with Gasteiger partial charge in [-0.3, -0.25) is 4.79 Å². The van der Waals surface area contributed by atoms with E-state index in [-0.39, 0.29) is 5.91 Å². The summed E-state index contributed by atoms with van der Waals surface area (Å²) in [5.74, 6) is 0.140. The molecule has 0 fully saturated rings. The number of nitrogens with one attached hydrogen (secondary N) is 1. The first kappa shape index (κ1) is 28.4. The second-order valence-corrected chi connectivity index (χ2v) is 11.4. The van der Waals surface area contributed by atoms with E-state index in [9.17, 15) is 4.79 Å². The van der Waals surface area contributed by atoms with Gasteiger partial charge in [0.05, 0.1) is 6.42 Å². The van der Waals surface area contributed by atoms with Gasteiger partial charge in [-0.15, -0.1) is 0 Å². The normalized spacial score (nSPS) is 11.7. The molecule has 0 bridgehead atoms. The Kier molecular flexibility index (Phi) is 11.7. The third kappa shape index (κ3) is 8.19. The summed E-state index contributed by atoms with van der Waals surface area (Å²) >= 11 is 0. The third-order valence-electron chi connectivity index (χ3n) is 8.32. The van der Waals surface area contributed by atoms with Gasteiger partial charge in [0, 0.05) is 6.54 Å². The molecule has 0 spiro atoms. The van der Waals surface area contributed by atoms with Crippen LogP contribution in [0.1, 0.15) is 115 Å². The molecular formula is C36H49NO. The zero-order valence-corrected chi connectivity index (χ0v) is 23.8. The third-order valence-corrected chi connectivity index (χ3v) is 8.32. The highest BCUT2D eigenvalue weighted by molar-refractivity contribution is 6.23. The van der Waals surface area contributed by atoms with Gasteiger partial charge in [0.15, 0.2) is 0 Å². The molecule has 0 saturated heterocycles. The number of amides is 1. The molecule has 0 radical (unpaired) electrons. The second-order valence-electron chi connectivity index (χ2n) is 11.4. The van der Waals surface area contributed by atoms with E-state index in [4.69, 9.17) is 0 Å². The van der Waals surface area contributed by atoms with Crippen molar-refractivity contribution in [2.24, 2.45) is 0 Å². The topological polar surface area (TPSA) is 29.1 Å². The predicted octanol–water partition coefficient (Wildman–Crippen LogP) is 10.5. The average molecular weight is 512 g/mol. The molecule has 0 saturated carbocycles. The van der Waals surface area contributed by atoms with Gasteiger partial charge in [0.1, 0.15) is 0 Å². The molecule has 0 aliphatic rings. The molecule has 4 rings (SSSR count). The summed E-state index contributed by atoms with van der Waals surface area (Å²) in [6.45, 7) is 3.08. The van der Waals surface area contributed by atoms with Gasteiger partial charge in [0.2, 0.25) is 5.91 Å². The zero-order valence-electron chi connectivity index (χ0n) is 23.8. The van der Waals surface area contributed by atoms with Gasteiger partial charge in [0.25, 0.3) is 0 Å². The lowest BCUT2D eigenvalue weighted by molar-refractivity contribution is -0.120. The zero-order chi connectivity index (χ0) is 26.4. The first-order valence-corrected chi connectivity index (χ1v) is 15.7. The molecule has 4 aromatic rings. The number of benzene rings is 4. The lowest BCUT2D eigenvalue weighted by Gasteiger charge is -2.14. The van der Waals surface area contributed by atoms with E-state index in [0.29, 0.717) is 6.42 Å². The van der Waals surface area contributed by atoms with Gasteiger partial charge in [-0.25, -0.2) is 0 Å². The van der Waals surface area contributed by atoms with Crippen LogP contribution < -0.4 is 5.32 Å². The molecule has 4 aromatic carbocycles. The van der Waals surface area contributed by atoms with Crippen LogP contribution in [0.15, 0.2) is 54.6 Å². The lowest BCUT2D eigenvalue weighted by Crippen LogP contribution is -2.26. The minimum atomic E-state index is 0.140. The fraction of sp³-hybridized carbons (Fsp3) is 0.528. The Morgan fingerprint density at radius 1 is 0.553 bits per heavy atom. The molecule has 2 heteroatoms. The van der Waals surface area contributed by atoms with Crippen molar-refractivity contribution in [1.82, 2.24) is 5.32 Å². The minimum absolute atomic E-state index is 0.140. The number of carbonyl (C=O) groups excluding carboxylic acids is 1. The molecule has 0 aliphatic heterocycles. The Morgan fingerprint density at radius 3 is 1.61 bits per heavy atom. The van der Waals surface area contributed by atoms with Crippen LogP contribution in [-0.4, -0.2) is 12.5 Å². The largest absolute Gasteiger partial charge is 0.356 e.